The third kappa shape index (κ3) is 7.64. The molecule has 8 rings (SSSR count). The molecular weight excluding hydrogens is 679 g/mol. The van der Waals surface area contributed by atoms with Gasteiger partial charge in [-0.05, 0) is 94.5 Å². The van der Waals surface area contributed by atoms with Gasteiger partial charge < -0.3 is 19.3 Å². The van der Waals surface area contributed by atoms with Gasteiger partial charge in [0, 0.05) is 105 Å². The Morgan fingerprint density at radius 2 is 1.74 bits per heavy atom. The highest BCUT2D eigenvalue weighted by Gasteiger charge is 2.31. The molecule has 2 fully saturated rings. The highest BCUT2D eigenvalue weighted by molar-refractivity contribution is 5.97. The molecule has 0 saturated carbocycles. The fourth-order valence-electron chi connectivity index (χ4n) is 8.26. The predicted molar refractivity (Wildman–Crippen MR) is 209 cm³/mol. The number of rotatable bonds is 8. The van der Waals surface area contributed by atoms with E-state index in [2.05, 4.69) is 44.7 Å². The summed E-state index contributed by atoms with van der Waals surface area (Å²) in [5.74, 6) is 0.448. The quantitative estimate of drug-likeness (QED) is 0.151. The number of amides is 1. The summed E-state index contributed by atoms with van der Waals surface area (Å²) in [7, 11) is 0. The van der Waals surface area contributed by atoms with Crippen molar-refractivity contribution in [3.05, 3.63) is 83.9 Å². The van der Waals surface area contributed by atoms with E-state index >= 15 is 0 Å². The molecular formula is C43H51N7O4. The largest absolute Gasteiger partial charge is 0.456 e. The molecule has 282 valence electrons. The number of nitrogens with zero attached hydrogens (tertiary/aromatic N) is 7. The van der Waals surface area contributed by atoms with Crippen LogP contribution in [0.1, 0.15) is 87.5 Å². The number of hydrogen-bond acceptors (Lipinski definition) is 8. The Bertz CT molecular complexity index is 2130. The molecule has 0 atom stereocenters. The van der Waals surface area contributed by atoms with Gasteiger partial charge in [-0.25, -0.2) is 4.79 Å². The minimum Gasteiger partial charge on any atom is -0.456 e. The molecule has 0 aliphatic carbocycles. The smallest absolute Gasteiger partial charge is 0.338 e. The highest BCUT2D eigenvalue weighted by atomic mass is 16.6. The van der Waals surface area contributed by atoms with E-state index in [9.17, 15) is 9.59 Å². The topological polar surface area (TPSA) is 108 Å². The summed E-state index contributed by atoms with van der Waals surface area (Å²) in [6, 6.07) is 16.6. The van der Waals surface area contributed by atoms with Crippen LogP contribution >= 0.6 is 0 Å². The second-order valence-corrected chi connectivity index (χ2v) is 16.1. The monoisotopic (exact) mass is 729 g/mol. The summed E-state index contributed by atoms with van der Waals surface area (Å²) in [5, 5.41) is 12.2. The summed E-state index contributed by atoms with van der Waals surface area (Å²) < 4.78 is 15.5. The van der Waals surface area contributed by atoms with Crippen LogP contribution < -0.4 is 4.90 Å². The molecule has 0 spiro atoms. The number of pyridine rings is 1. The van der Waals surface area contributed by atoms with Crippen molar-refractivity contribution in [2.24, 2.45) is 5.92 Å². The Morgan fingerprint density at radius 1 is 0.963 bits per heavy atom. The van der Waals surface area contributed by atoms with E-state index in [0.717, 1.165) is 122 Å². The maximum atomic E-state index is 12.4. The van der Waals surface area contributed by atoms with Crippen LogP contribution in [-0.2, 0) is 33.8 Å². The number of esters is 1. The lowest BCUT2D eigenvalue weighted by Gasteiger charge is -2.33. The summed E-state index contributed by atoms with van der Waals surface area (Å²) in [4.78, 5) is 34.1. The van der Waals surface area contributed by atoms with Crippen molar-refractivity contribution >= 4 is 28.3 Å². The first-order chi connectivity index (χ1) is 26.1. The lowest BCUT2D eigenvalue weighted by atomic mass is 9.93. The molecule has 3 aliphatic heterocycles. The van der Waals surface area contributed by atoms with Crippen LogP contribution in [0.25, 0.3) is 33.3 Å². The summed E-state index contributed by atoms with van der Waals surface area (Å²) in [5.41, 5.74) is 7.54. The first kappa shape index (κ1) is 36.0. The summed E-state index contributed by atoms with van der Waals surface area (Å²) in [6.45, 7) is 13.0. The summed E-state index contributed by atoms with van der Waals surface area (Å²) in [6.07, 6.45) is 12.0. The van der Waals surface area contributed by atoms with E-state index in [0.29, 0.717) is 24.1 Å². The zero-order valence-corrected chi connectivity index (χ0v) is 32.0. The number of aromatic nitrogens is 5. The average Bonchev–Trinajstić information content (AvgIpc) is 3.82. The van der Waals surface area contributed by atoms with Crippen molar-refractivity contribution in [2.45, 2.75) is 91.0 Å². The molecule has 54 heavy (non-hydrogen) atoms. The molecule has 6 heterocycles. The van der Waals surface area contributed by atoms with Gasteiger partial charge in [-0.1, -0.05) is 18.2 Å². The normalized spacial score (nSPS) is 17.2. The maximum absolute atomic E-state index is 12.4. The van der Waals surface area contributed by atoms with Gasteiger partial charge in [-0.15, -0.1) is 0 Å². The Kier molecular flexibility index (Phi) is 10.00. The van der Waals surface area contributed by atoms with E-state index in [4.69, 9.17) is 24.7 Å². The predicted octanol–water partition coefficient (Wildman–Crippen LogP) is 7.48. The lowest BCUT2D eigenvalue weighted by molar-refractivity contribution is -0.129. The van der Waals surface area contributed by atoms with Gasteiger partial charge in [0.25, 0.3) is 0 Å². The number of benzene rings is 2. The minimum atomic E-state index is -0.506. The number of hydrogen-bond donors (Lipinski definition) is 0. The number of ether oxygens (including phenoxy) is 2. The van der Waals surface area contributed by atoms with Gasteiger partial charge in [0.05, 0.1) is 29.2 Å². The highest BCUT2D eigenvalue weighted by Crippen LogP contribution is 2.38. The zero-order valence-electron chi connectivity index (χ0n) is 32.0. The molecule has 0 radical (unpaired) electrons. The van der Waals surface area contributed by atoms with Gasteiger partial charge in [0.2, 0.25) is 5.91 Å². The van der Waals surface area contributed by atoms with Gasteiger partial charge in [0.15, 0.2) is 0 Å². The van der Waals surface area contributed by atoms with Gasteiger partial charge in [-0.2, -0.15) is 10.2 Å². The number of aryl methyl sites for hydroxylation is 1. The molecule has 2 saturated heterocycles. The Morgan fingerprint density at radius 3 is 2.48 bits per heavy atom. The lowest BCUT2D eigenvalue weighted by Crippen LogP contribution is -2.35. The van der Waals surface area contributed by atoms with E-state index < -0.39 is 5.60 Å². The first-order valence-electron chi connectivity index (χ1n) is 19.5. The van der Waals surface area contributed by atoms with Crippen molar-refractivity contribution in [2.75, 3.05) is 37.7 Å². The van der Waals surface area contributed by atoms with Crippen LogP contribution in [0, 0.1) is 5.92 Å². The van der Waals surface area contributed by atoms with Crippen LogP contribution in [0.5, 0.6) is 0 Å². The molecule has 1 amide bonds. The minimum absolute atomic E-state index is 0.0983. The van der Waals surface area contributed by atoms with Crippen molar-refractivity contribution in [3.8, 4) is 22.5 Å². The Labute approximate surface area is 317 Å². The van der Waals surface area contributed by atoms with E-state index in [1.165, 1.54) is 5.69 Å². The van der Waals surface area contributed by atoms with Crippen LogP contribution in [0.3, 0.4) is 0 Å². The average molecular weight is 730 g/mol. The van der Waals surface area contributed by atoms with E-state index in [-0.39, 0.29) is 11.9 Å². The fraction of sp³-hybridized carbons (Fsp3) is 0.465. The van der Waals surface area contributed by atoms with Crippen molar-refractivity contribution < 1.29 is 19.1 Å². The standard InChI is InChI=1S/C43H51N7O4/c1-29(51)48-20-15-40-38(28-48)41(46-50(40)35-16-22-53-23-17-35)36-7-5-6-32-24-39(44-26-37(32)36)33-25-45-49(27-33)21-14-30-12-18-47(19-13-30)34-10-8-31(9-11-34)42(52)54-43(2,3)4/h5-11,24-27,30,35H,12-23,28H2,1-4H3. The van der Waals surface area contributed by atoms with Crippen molar-refractivity contribution in [3.63, 3.8) is 0 Å². The fourth-order valence-corrected chi connectivity index (χ4v) is 8.26. The van der Waals surface area contributed by atoms with Gasteiger partial charge >= 0.3 is 5.97 Å². The van der Waals surface area contributed by atoms with Gasteiger partial charge in [0.1, 0.15) is 5.60 Å². The van der Waals surface area contributed by atoms with Crippen molar-refractivity contribution in [1.82, 2.24) is 29.4 Å². The van der Waals surface area contributed by atoms with Crippen LogP contribution in [0.4, 0.5) is 5.69 Å². The number of piperidine rings is 1. The molecule has 2 aromatic carbocycles. The molecule has 0 N–H and O–H groups in total. The molecule has 3 aromatic heterocycles. The molecule has 11 nitrogen and oxygen atoms in total. The molecule has 11 heteroatoms. The van der Waals surface area contributed by atoms with Crippen molar-refractivity contribution in [1.29, 1.82) is 0 Å². The van der Waals surface area contributed by atoms with E-state index in [1.807, 2.05) is 62.3 Å². The van der Waals surface area contributed by atoms with Crippen LogP contribution in [-0.4, -0.2) is 79.8 Å². The number of carbonyl (C=O) groups is 2. The molecule has 5 aromatic rings. The van der Waals surface area contributed by atoms with Crippen LogP contribution in [0.2, 0.25) is 0 Å². The third-order valence-electron chi connectivity index (χ3n) is 11.3. The number of carbonyl (C=O) groups excluding carboxylic acids is 2. The van der Waals surface area contributed by atoms with E-state index in [1.54, 1.807) is 6.92 Å². The maximum Gasteiger partial charge on any atom is 0.338 e. The number of anilines is 1. The third-order valence-corrected chi connectivity index (χ3v) is 11.3. The molecule has 0 bridgehead atoms. The SMILES string of the molecule is CC(=O)N1CCc2c(c(-c3cccc4cc(-c5cnn(CCC6CCN(c7ccc(C(=O)OC(C)(C)C)cc7)CC6)c5)ncc34)nn2C2CCOCC2)C1. The zero-order chi connectivity index (χ0) is 37.4. The second kappa shape index (κ2) is 15.0. The van der Waals surface area contributed by atoms with Gasteiger partial charge in [-0.3, -0.25) is 19.1 Å². The summed E-state index contributed by atoms with van der Waals surface area (Å²) >= 11 is 0. The molecule has 0 unspecified atom stereocenters. The second-order valence-electron chi connectivity index (χ2n) is 16.1. The first-order valence-corrected chi connectivity index (χ1v) is 19.5. The Balaban J connectivity index is 0.925. The van der Waals surface area contributed by atoms with Crippen LogP contribution in [0.15, 0.2) is 67.1 Å². The molecule has 3 aliphatic rings. The Hall–Kier alpha value is -5.03. The number of fused-ring (bicyclic) bond motifs is 2.